The summed E-state index contributed by atoms with van der Waals surface area (Å²) in [7, 11) is -3.57. The van der Waals surface area contributed by atoms with Crippen molar-refractivity contribution in [1.29, 1.82) is 0 Å². The molecule has 0 atom stereocenters. The Kier molecular flexibility index (Phi) is 5.68. The Bertz CT molecular complexity index is 998. The molecule has 0 aliphatic carbocycles. The highest BCUT2D eigenvalue weighted by molar-refractivity contribution is 7.89. The minimum Gasteiger partial charge on any atom is -0.490 e. The van der Waals surface area contributed by atoms with Crippen LogP contribution in [0.2, 0.25) is 0 Å². The Morgan fingerprint density at radius 3 is 2.46 bits per heavy atom. The molecule has 0 bridgehead atoms. The summed E-state index contributed by atoms with van der Waals surface area (Å²) in [4.78, 5) is 2.45. The Morgan fingerprint density at radius 1 is 0.964 bits per heavy atom. The number of fused-ring (bicyclic) bond motifs is 1. The van der Waals surface area contributed by atoms with Crippen molar-refractivity contribution in [3.8, 4) is 11.5 Å². The Labute approximate surface area is 170 Å². The first kappa shape index (κ1) is 19.4. The molecular weight excluding hydrogens is 398 g/mol. The number of benzene rings is 1. The molecule has 28 heavy (non-hydrogen) atoms. The highest BCUT2D eigenvalue weighted by atomic mass is 32.2. The van der Waals surface area contributed by atoms with Gasteiger partial charge in [-0.15, -0.1) is 0 Å². The van der Waals surface area contributed by atoms with Gasteiger partial charge in [0.05, 0.1) is 24.8 Å². The quantitative estimate of drug-likeness (QED) is 0.706. The van der Waals surface area contributed by atoms with Crippen LogP contribution < -0.4 is 9.47 Å². The van der Waals surface area contributed by atoms with E-state index in [4.69, 9.17) is 21.7 Å². The zero-order valence-corrected chi connectivity index (χ0v) is 17.1. The molecule has 0 N–H and O–H groups in total. The second-order valence-electron chi connectivity index (χ2n) is 6.83. The van der Waals surface area contributed by atoms with E-state index in [-0.39, 0.29) is 4.90 Å². The van der Waals surface area contributed by atoms with E-state index in [1.54, 1.807) is 18.2 Å². The lowest BCUT2D eigenvalue weighted by Gasteiger charge is -2.34. The number of pyridine rings is 1. The predicted molar refractivity (Wildman–Crippen MR) is 108 cm³/mol. The Hall–Kier alpha value is -1.94. The van der Waals surface area contributed by atoms with E-state index < -0.39 is 10.0 Å². The number of piperazine rings is 1. The first-order chi connectivity index (χ1) is 13.5. The van der Waals surface area contributed by atoms with E-state index in [2.05, 4.69) is 4.90 Å². The van der Waals surface area contributed by atoms with E-state index in [9.17, 15) is 8.42 Å². The smallest absolute Gasteiger partial charge is 0.243 e. The zero-order chi connectivity index (χ0) is 19.6. The van der Waals surface area contributed by atoms with Crippen molar-refractivity contribution in [3.05, 3.63) is 47.2 Å². The average molecular weight is 422 g/mol. The van der Waals surface area contributed by atoms with Gasteiger partial charge >= 0.3 is 0 Å². The van der Waals surface area contributed by atoms with Crippen LogP contribution in [-0.2, 0) is 16.7 Å². The molecule has 0 radical (unpaired) electrons. The van der Waals surface area contributed by atoms with Crippen molar-refractivity contribution < 1.29 is 17.9 Å². The fraction of sp³-hybridized carbons (Fsp3) is 0.421. The second-order valence-corrected chi connectivity index (χ2v) is 9.19. The van der Waals surface area contributed by atoms with Crippen LogP contribution in [0.25, 0.3) is 0 Å². The molecule has 0 amide bonds. The maximum atomic E-state index is 13.1. The van der Waals surface area contributed by atoms with Crippen molar-refractivity contribution in [2.45, 2.75) is 18.0 Å². The number of rotatable bonds is 4. The summed E-state index contributed by atoms with van der Waals surface area (Å²) < 4.78 is 41.7. The van der Waals surface area contributed by atoms with Gasteiger partial charge in [-0.1, -0.05) is 18.3 Å². The van der Waals surface area contributed by atoms with E-state index in [0.717, 1.165) is 11.1 Å². The van der Waals surface area contributed by atoms with Gasteiger partial charge in [0.25, 0.3) is 0 Å². The molecular formula is C19H23N3O4S2. The molecule has 1 aromatic heterocycles. The molecule has 0 unspecified atom stereocenters. The molecule has 1 fully saturated rings. The van der Waals surface area contributed by atoms with Gasteiger partial charge in [0.1, 0.15) is 4.64 Å². The van der Waals surface area contributed by atoms with Crippen LogP contribution in [0.4, 0.5) is 0 Å². The number of hydrogen-bond donors (Lipinski definition) is 0. The molecule has 3 heterocycles. The van der Waals surface area contributed by atoms with Crippen LogP contribution in [0.1, 0.15) is 6.42 Å². The van der Waals surface area contributed by atoms with Crippen molar-refractivity contribution >= 4 is 22.2 Å². The van der Waals surface area contributed by atoms with Gasteiger partial charge in [-0.25, -0.2) is 8.42 Å². The van der Waals surface area contributed by atoms with Gasteiger partial charge in [0.15, 0.2) is 11.5 Å². The molecule has 2 aliphatic rings. The van der Waals surface area contributed by atoms with Crippen LogP contribution in [0.5, 0.6) is 11.5 Å². The van der Waals surface area contributed by atoms with Crippen molar-refractivity contribution in [1.82, 2.24) is 13.8 Å². The van der Waals surface area contributed by atoms with Gasteiger partial charge in [-0.3, -0.25) is 4.90 Å². The minimum atomic E-state index is -3.57. The van der Waals surface area contributed by atoms with Gasteiger partial charge in [-0.2, -0.15) is 4.31 Å². The molecule has 0 spiro atoms. The largest absolute Gasteiger partial charge is 0.490 e. The molecule has 4 rings (SSSR count). The topological polar surface area (TPSA) is 64.0 Å². The molecule has 2 aliphatic heterocycles. The summed E-state index contributed by atoms with van der Waals surface area (Å²) in [6.45, 7) is 3.95. The number of aromatic nitrogens is 1. The highest BCUT2D eigenvalue weighted by Crippen LogP contribution is 2.33. The summed E-state index contributed by atoms with van der Waals surface area (Å²) in [5.74, 6) is 1.09. The molecule has 9 heteroatoms. The lowest BCUT2D eigenvalue weighted by Crippen LogP contribution is -2.48. The summed E-state index contributed by atoms with van der Waals surface area (Å²) in [5, 5.41) is 0. The van der Waals surface area contributed by atoms with Crippen LogP contribution in [0.3, 0.4) is 0 Å². The molecule has 2 aromatic rings. The standard InChI is InChI=1S/C19H23N3O4S2/c23-28(24,16-5-6-17-18(14-16)26-13-3-12-25-17)22-10-8-20(9-11-22)15-21-7-2-1-4-19(21)27/h1-2,4-7,14H,3,8-13,15H2. The highest BCUT2D eigenvalue weighted by Gasteiger charge is 2.29. The number of ether oxygens (including phenoxy) is 2. The van der Waals surface area contributed by atoms with Gasteiger partial charge in [-0.05, 0) is 24.3 Å². The summed E-state index contributed by atoms with van der Waals surface area (Å²) >= 11 is 5.33. The first-order valence-electron chi connectivity index (χ1n) is 9.32. The number of hydrogen-bond acceptors (Lipinski definition) is 6. The van der Waals surface area contributed by atoms with Crippen LogP contribution >= 0.6 is 12.2 Å². The Morgan fingerprint density at radius 2 is 1.71 bits per heavy atom. The molecule has 0 saturated carbocycles. The fourth-order valence-electron chi connectivity index (χ4n) is 3.36. The summed E-state index contributed by atoms with van der Waals surface area (Å²) in [5.41, 5.74) is 0. The summed E-state index contributed by atoms with van der Waals surface area (Å²) in [6.07, 6.45) is 2.73. The van der Waals surface area contributed by atoms with E-state index in [1.807, 2.05) is 29.0 Å². The van der Waals surface area contributed by atoms with Crippen molar-refractivity contribution in [2.24, 2.45) is 0 Å². The lowest BCUT2D eigenvalue weighted by atomic mass is 10.3. The molecule has 7 nitrogen and oxygen atoms in total. The van der Waals surface area contributed by atoms with Gasteiger partial charge in [0, 0.05) is 44.9 Å². The monoisotopic (exact) mass is 421 g/mol. The van der Waals surface area contributed by atoms with E-state index in [1.165, 1.54) is 4.31 Å². The molecule has 150 valence electrons. The zero-order valence-electron chi connectivity index (χ0n) is 15.5. The SMILES string of the molecule is O=S(=O)(c1ccc2c(c1)OCCCO2)N1CCN(Cn2ccccc2=S)CC1. The lowest BCUT2D eigenvalue weighted by molar-refractivity contribution is 0.151. The number of sulfonamides is 1. The molecule has 1 saturated heterocycles. The van der Waals surface area contributed by atoms with Crippen molar-refractivity contribution in [2.75, 3.05) is 39.4 Å². The predicted octanol–water partition coefficient (Wildman–Crippen LogP) is 2.34. The fourth-order valence-corrected chi connectivity index (χ4v) is 4.99. The maximum absolute atomic E-state index is 13.1. The normalized spacial score (nSPS) is 18.6. The van der Waals surface area contributed by atoms with Gasteiger partial charge in [0.2, 0.25) is 10.0 Å². The Balaban J connectivity index is 1.44. The van der Waals surface area contributed by atoms with E-state index in [0.29, 0.717) is 57.6 Å². The summed E-state index contributed by atoms with van der Waals surface area (Å²) in [6, 6.07) is 10.6. The third kappa shape index (κ3) is 4.07. The van der Waals surface area contributed by atoms with Crippen LogP contribution in [0.15, 0.2) is 47.5 Å². The first-order valence-corrected chi connectivity index (χ1v) is 11.2. The minimum absolute atomic E-state index is 0.246. The van der Waals surface area contributed by atoms with Crippen LogP contribution in [0, 0.1) is 4.64 Å². The molecule has 1 aromatic carbocycles. The second kappa shape index (κ2) is 8.20. The third-order valence-electron chi connectivity index (χ3n) is 4.94. The third-order valence-corrected chi connectivity index (χ3v) is 7.20. The maximum Gasteiger partial charge on any atom is 0.243 e. The van der Waals surface area contributed by atoms with Crippen molar-refractivity contribution in [3.63, 3.8) is 0 Å². The average Bonchev–Trinajstić information content (AvgIpc) is 2.95. The van der Waals surface area contributed by atoms with Crippen LogP contribution in [-0.4, -0.2) is 61.6 Å². The van der Waals surface area contributed by atoms with Gasteiger partial charge < -0.3 is 14.0 Å². The van der Waals surface area contributed by atoms with E-state index >= 15 is 0 Å². The number of nitrogens with zero attached hydrogens (tertiary/aromatic N) is 3.